The number of aliphatic hydroxyl groups is 4. The number of Topliss-reactive ketones (excluding diaryl/α,β-unsaturated/α-hetero) is 1. The van der Waals surface area contributed by atoms with Gasteiger partial charge in [0.15, 0.2) is 6.29 Å². The lowest BCUT2D eigenvalue weighted by Crippen LogP contribution is -2.40. The third-order valence-electron chi connectivity index (χ3n) is 1.37. The van der Waals surface area contributed by atoms with E-state index in [1.165, 1.54) is 0 Å². The van der Waals surface area contributed by atoms with Crippen LogP contribution in [0.15, 0.2) is 0 Å². The van der Waals surface area contributed by atoms with Crippen molar-refractivity contribution in [2.24, 2.45) is 0 Å². The highest BCUT2D eigenvalue weighted by Crippen LogP contribution is 1.96. The molecule has 0 aromatic carbocycles. The first-order valence-electron chi connectivity index (χ1n) is 4.12. The average Bonchev–Trinajstić information content (AvgIpc) is 2.26. The average molecular weight is 238 g/mol. The second-order valence-corrected chi connectivity index (χ2v) is 2.73. The van der Waals surface area contributed by atoms with Crippen LogP contribution in [-0.2, 0) is 14.4 Å². The van der Waals surface area contributed by atoms with Gasteiger partial charge in [0.1, 0.15) is 18.3 Å². The Morgan fingerprint density at radius 2 is 1.62 bits per heavy atom. The van der Waals surface area contributed by atoms with Gasteiger partial charge >= 0.3 is 5.97 Å². The number of aldehydes is 1. The molecule has 0 bridgehead atoms. The SMILES string of the molecule is CC(=O)C(=O)O.O=C[C@H](O)[C@@H](O)[C@H](O)CO. The van der Waals surface area contributed by atoms with Crippen LogP contribution >= 0.6 is 0 Å². The molecule has 5 N–H and O–H groups in total. The highest BCUT2D eigenvalue weighted by atomic mass is 16.4. The fourth-order valence-electron chi connectivity index (χ4n) is 0.416. The molecule has 0 saturated carbocycles. The number of hydrogen-bond donors (Lipinski definition) is 5. The molecule has 0 radical (unpaired) electrons. The van der Waals surface area contributed by atoms with E-state index in [-0.39, 0.29) is 6.29 Å². The lowest BCUT2D eigenvalue weighted by atomic mass is 10.1. The molecule has 0 aromatic rings. The summed E-state index contributed by atoms with van der Waals surface area (Å²) in [6.07, 6.45) is -4.63. The Morgan fingerprint density at radius 1 is 1.25 bits per heavy atom. The summed E-state index contributed by atoms with van der Waals surface area (Å²) >= 11 is 0. The van der Waals surface area contributed by atoms with Crippen molar-refractivity contribution in [3.8, 4) is 0 Å². The van der Waals surface area contributed by atoms with Gasteiger partial charge in [0.2, 0.25) is 5.78 Å². The predicted octanol–water partition coefficient (Wildman–Crippen LogP) is -3.08. The van der Waals surface area contributed by atoms with E-state index in [4.69, 9.17) is 25.5 Å². The molecule has 0 spiro atoms. The molecule has 8 nitrogen and oxygen atoms in total. The van der Waals surface area contributed by atoms with E-state index in [0.29, 0.717) is 0 Å². The summed E-state index contributed by atoms with van der Waals surface area (Å²) in [5.41, 5.74) is 0. The van der Waals surface area contributed by atoms with Crippen LogP contribution in [0.3, 0.4) is 0 Å². The van der Waals surface area contributed by atoms with E-state index in [0.717, 1.165) is 6.92 Å². The molecular weight excluding hydrogens is 224 g/mol. The summed E-state index contributed by atoms with van der Waals surface area (Å²) < 4.78 is 0. The van der Waals surface area contributed by atoms with Gasteiger partial charge in [-0.1, -0.05) is 0 Å². The Morgan fingerprint density at radius 3 is 1.81 bits per heavy atom. The summed E-state index contributed by atoms with van der Waals surface area (Å²) in [4.78, 5) is 28.7. The minimum Gasteiger partial charge on any atom is -0.476 e. The van der Waals surface area contributed by atoms with E-state index in [1.807, 2.05) is 0 Å². The molecule has 0 fully saturated rings. The summed E-state index contributed by atoms with van der Waals surface area (Å²) in [6, 6.07) is 0. The summed E-state index contributed by atoms with van der Waals surface area (Å²) in [6.45, 7) is 0.314. The van der Waals surface area contributed by atoms with E-state index >= 15 is 0 Å². The summed E-state index contributed by atoms with van der Waals surface area (Å²) in [7, 11) is 0. The van der Waals surface area contributed by atoms with Gasteiger partial charge in [-0.15, -0.1) is 0 Å². The number of aliphatic carboxylic acids is 1. The molecule has 0 rings (SSSR count). The number of carbonyl (C=O) groups excluding carboxylic acids is 2. The van der Waals surface area contributed by atoms with Crippen LogP contribution in [0.5, 0.6) is 0 Å². The van der Waals surface area contributed by atoms with Crippen molar-refractivity contribution in [3.63, 3.8) is 0 Å². The van der Waals surface area contributed by atoms with Gasteiger partial charge < -0.3 is 30.3 Å². The van der Waals surface area contributed by atoms with Gasteiger partial charge in [0.05, 0.1) is 6.61 Å². The second kappa shape index (κ2) is 8.92. The fraction of sp³-hybridized carbons (Fsp3) is 0.625. The molecule has 0 aromatic heterocycles. The molecule has 0 unspecified atom stereocenters. The highest BCUT2D eigenvalue weighted by Gasteiger charge is 2.22. The van der Waals surface area contributed by atoms with E-state index < -0.39 is 36.7 Å². The summed E-state index contributed by atoms with van der Waals surface area (Å²) in [5, 5.41) is 41.7. The van der Waals surface area contributed by atoms with Gasteiger partial charge in [-0.2, -0.15) is 0 Å². The zero-order valence-corrected chi connectivity index (χ0v) is 8.48. The first-order chi connectivity index (χ1) is 7.27. The van der Waals surface area contributed by atoms with Crippen LogP contribution in [-0.4, -0.2) is 68.5 Å². The van der Waals surface area contributed by atoms with E-state index in [1.54, 1.807) is 0 Å². The highest BCUT2D eigenvalue weighted by molar-refractivity contribution is 6.31. The van der Waals surface area contributed by atoms with Gasteiger partial charge in [0, 0.05) is 6.92 Å². The van der Waals surface area contributed by atoms with Crippen molar-refractivity contribution in [1.82, 2.24) is 0 Å². The minimum absolute atomic E-state index is 0.0869. The maximum Gasteiger partial charge on any atom is 0.371 e. The van der Waals surface area contributed by atoms with Gasteiger partial charge in [0.25, 0.3) is 0 Å². The molecule has 0 amide bonds. The lowest BCUT2D eigenvalue weighted by Gasteiger charge is -2.16. The molecular formula is C8H14O8. The third kappa shape index (κ3) is 8.00. The quantitative estimate of drug-likeness (QED) is 0.250. The Balaban J connectivity index is 0. The van der Waals surface area contributed by atoms with Crippen LogP contribution in [0, 0.1) is 0 Å². The van der Waals surface area contributed by atoms with Crippen molar-refractivity contribution < 1.29 is 39.9 Å². The first kappa shape index (κ1) is 17.1. The van der Waals surface area contributed by atoms with Crippen molar-refractivity contribution in [3.05, 3.63) is 0 Å². The van der Waals surface area contributed by atoms with Gasteiger partial charge in [-0.3, -0.25) is 4.79 Å². The molecule has 16 heavy (non-hydrogen) atoms. The third-order valence-corrected chi connectivity index (χ3v) is 1.37. The second-order valence-electron chi connectivity index (χ2n) is 2.73. The van der Waals surface area contributed by atoms with E-state index in [9.17, 15) is 14.4 Å². The lowest BCUT2D eigenvalue weighted by molar-refractivity contribution is -0.148. The number of hydrogen-bond acceptors (Lipinski definition) is 7. The Hall–Kier alpha value is -1.35. The smallest absolute Gasteiger partial charge is 0.371 e. The normalized spacial score (nSPS) is 15.1. The number of carboxylic acids is 1. The standard InChI is InChI=1S/C5H10O5.C3H4O3/c6-1-3(8)5(10)4(9)2-7;1-2(4)3(5)6/h1,3-5,7-10H,2H2;1H3,(H,5,6)/t3-,4+,5+;/m0./s1. The number of aliphatic hydroxyl groups excluding tert-OH is 4. The topological polar surface area (TPSA) is 152 Å². The van der Waals surface area contributed by atoms with Crippen LogP contribution in [0.25, 0.3) is 0 Å². The van der Waals surface area contributed by atoms with Crippen LogP contribution in [0.1, 0.15) is 6.92 Å². The molecule has 94 valence electrons. The fourth-order valence-corrected chi connectivity index (χ4v) is 0.416. The molecule has 0 saturated heterocycles. The van der Waals surface area contributed by atoms with Gasteiger partial charge in [-0.25, -0.2) is 4.79 Å². The van der Waals surface area contributed by atoms with Crippen molar-refractivity contribution >= 4 is 18.0 Å². The number of carbonyl (C=O) groups is 3. The molecule has 8 heteroatoms. The molecule has 0 aliphatic carbocycles. The van der Waals surface area contributed by atoms with Crippen LogP contribution in [0.2, 0.25) is 0 Å². The zero-order chi connectivity index (χ0) is 13.3. The Labute approximate surface area is 90.8 Å². The largest absolute Gasteiger partial charge is 0.476 e. The summed E-state index contributed by atoms with van der Waals surface area (Å²) in [5.74, 6) is -2.20. The minimum atomic E-state index is -1.64. The first-order valence-corrected chi connectivity index (χ1v) is 4.12. The van der Waals surface area contributed by atoms with Crippen LogP contribution in [0.4, 0.5) is 0 Å². The monoisotopic (exact) mass is 238 g/mol. The maximum atomic E-state index is 9.76. The number of ketones is 1. The number of rotatable bonds is 5. The van der Waals surface area contributed by atoms with Crippen molar-refractivity contribution in [2.45, 2.75) is 25.2 Å². The Bertz CT molecular complexity index is 226. The van der Waals surface area contributed by atoms with Crippen molar-refractivity contribution in [1.29, 1.82) is 0 Å². The Kier molecular flexibility index (Phi) is 9.51. The van der Waals surface area contributed by atoms with Gasteiger partial charge in [-0.05, 0) is 0 Å². The molecule has 0 aliphatic rings. The van der Waals surface area contributed by atoms with E-state index in [2.05, 4.69) is 0 Å². The zero-order valence-electron chi connectivity index (χ0n) is 8.48. The molecule has 0 aliphatic heterocycles. The van der Waals surface area contributed by atoms with Crippen LogP contribution < -0.4 is 0 Å². The van der Waals surface area contributed by atoms with Crippen molar-refractivity contribution in [2.75, 3.05) is 6.61 Å². The maximum absolute atomic E-state index is 9.76. The number of carboxylic acid groups (broad SMARTS) is 1. The molecule has 3 atom stereocenters. The predicted molar refractivity (Wildman–Crippen MR) is 49.5 cm³/mol. The molecule has 0 heterocycles.